The summed E-state index contributed by atoms with van der Waals surface area (Å²) in [4.78, 5) is 30.3. The largest absolute Gasteiger partial charge is 0.336 e. The molecule has 158 valence electrons. The molecule has 1 fully saturated rings. The Bertz CT molecular complexity index is 1070. The third kappa shape index (κ3) is 4.89. The summed E-state index contributed by atoms with van der Waals surface area (Å²) in [7, 11) is 0. The zero-order chi connectivity index (χ0) is 21.8. The fourth-order valence-electron chi connectivity index (χ4n) is 3.86. The van der Waals surface area contributed by atoms with Gasteiger partial charge in [-0.05, 0) is 30.7 Å². The number of benzene rings is 3. The Labute approximate surface area is 181 Å². The molecule has 1 amide bonds. The molecule has 3 aromatic rings. The number of amides is 1. The van der Waals surface area contributed by atoms with Crippen LogP contribution in [-0.4, -0.2) is 47.7 Å². The van der Waals surface area contributed by atoms with Crippen LogP contribution in [0.2, 0.25) is 0 Å². The van der Waals surface area contributed by atoms with Crippen molar-refractivity contribution in [1.82, 2.24) is 9.80 Å². The molecule has 4 nitrogen and oxygen atoms in total. The second-order valence-corrected chi connectivity index (χ2v) is 7.94. The normalized spacial score (nSPS) is 14.5. The van der Waals surface area contributed by atoms with E-state index in [1.165, 1.54) is 12.1 Å². The average Bonchev–Trinajstić information content (AvgIpc) is 2.81. The van der Waals surface area contributed by atoms with Gasteiger partial charge in [0, 0.05) is 43.9 Å². The summed E-state index contributed by atoms with van der Waals surface area (Å²) in [5, 5.41) is 0. The van der Waals surface area contributed by atoms with E-state index >= 15 is 0 Å². The van der Waals surface area contributed by atoms with Crippen LogP contribution in [0.3, 0.4) is 0 Å². The second-order valence-electron chi connectivity index (χ2n) is 7.94. The molecule has 0 saturated carbocycles. The number of hydrogen-bond donors (Lipinski definition) is 0. The van der Waals surface area contributed by atoms with Crippen LogP contribution in [0.4, 0.5) is 4.39 Å². The van der Waals surface area contributed by atoms with Crippen molar-refractivity contribution >= 4 is 11.7 Å². The van der Waals surface area contributed by atoms with Crippen LogP contribution in [0.5, 0.6) is 0 Å². The average molecular weight is 416 g/mol. The predicted molar refractivity (Wildman–Crippen MR) is 119 cm³/mol. The maximum absolute atomic E-state index is 13.2. The standard InChI is InChI=1S/C26H25FN2O2/c1-19-6-10-21(11-7-19)25(30)23-4-2-3-5-24(23)26(31)29-16-14-28(15-17-29)18-20-8-12-22(27)13-9-20/h2-13H,14-18H2,1H3. The van der Waals surface area contributed by atoms with Crippen molar-refractivity contribution < 1.29 is 14.0 Å². The minimum absolute atomic E-state index is 0.113. The quantitative estimate of drug-likeness (QED) is 0.582. The van der Waals surface area contributed by atoms with Gasteiger partial charge in [0.1, 0.15) is 5.82 Å². The van der Waals surface area contributed by atoms with E-state index in [9.17, 15) is 14.0 Å². The van der Waals surface area contributed by atoms with Gasteiger partial charge >= 0.3 is 0 Å². The number of piperazine rings is 1. The van der Waals surface area contributed by atoms with Crippen LogP contribution >= 0.6 is 0 Å². The number of aryl methyl sites for hydroxylation is 1. The SMILES string of the molecule is Cc1ccc(C(=O)c2ccccc2C(=O)N2CCN(Cc3ccc(F)cc3)CC2)cc1. The summed E-state index contributed by atoms with van der Waals surface area (Å²) in [5.74, 6) is -0.491. The van der Waals surface area contributed by atoms with Gasteiger partial charge in [0.25, 0.3) is 5.91 Å². The lowest BCUT2D eigenvalue weighted by Crippen LogP contribution is -2.48. The van der Waals surface area contributed by atoms with Gasteiger partial charge in [-0.3, -0.25) is 14.5 Å². The molecule has 1 aliphatic heterocycles. The third-order valence-electron chi connectivity index (χ3n) is 5.69. The molecule has 3 aromatic carbocycles. The highest BCUT2D eigenvalue weighted by molar-refractivity contribution is 6.15. The van der Waals surface area contributed by atoms with Crippen LogP contribution in [0.15, 0.2) is 72.8 Å². The number of carbonyl (C=O) groups is 2. The summed E-state index contributed by atoms with van der Waals surface area (Å²) < 4.78 is 13.1. The van der Waals surface area contributed by atoms with Crippen molar-refractivity contribution in [2.45, 2.75) is 13.5 Å². The van der Waals surface area contributed by atoms with Gasteiger partial charge in [0.2, 0.25) is 0 Å². The maximum atomic E-state index is 13.2. The lowest BCUT2D eigenvalue weighted by molar-refractivity contribution is 0.0625. The van der Waals surface area contributed by atoms with E-state index in [4.69, 9.17) is 0 Å². The Morgan fingerprint density at radius 2 is 1.42 bits per heavy atom. The lowest BCUT2D eigenvalue weighted by atomic mass is 9.97. The fourth-order valence-corrected chi connectivity index (χ4v) is 3.86. The van der Waals surface area contributed by atoms with Crippen LogP contribution in [0.1, 0.15) is 37.4 Å². The van der Waals surface area contributed by atoms with Gasteiger partial charge in [-0.2, -0.15) is 0 Å². The van der Waals surface area contributed by atoms with E-state index in [-0.39, 0.29) is 17.5 Å². The molecule has 4 rings (SSSR count). The highest BCUT2D eigenvalue weighted by atomic mass is 19.1. The summed E-state index contributed by atoms with van der Waals surface area (Å²) >= 11 is 0. The first kappa shape index (κ1) is 20.9. The zero-order valence-electron chi connectivity index (χ0n) is 17.6. The number of rotatable bonds is 5. The Hall–Kier alpha value is -3.31. The van der Waals surface area contributed by atoms with E-state index in [0.29, 0.717) is 29.8 Å². The van der Waals surface area contributed by atoms with E-state index in [1.807, 2.05) is 24.0 Å². The van der Waals surface area contributed by atoms with Crippen LogP contribution in [0, 0.1) is 12.7 Å². The van der Waals surface area contributed by atoms with Crippen molar-refractivity contribution in [2.24, 2.45) is 0 Å². The lowest BCUT2D eigenvalue weighted by Gasteiger charge is -2.35. The van der Waals surface area contributed by atoms with Crippen LogP contribution in [0.25, 0.3) is 0 Å². The minimum atomic E-state index is -0.238. The monoisotopic (exact) mass is 416 g/mol. The molecule has 0 spiro atoms. The highest BCUT2D eigenvalue weighted by Gasteiger charge is 2.25. The minimum Gasteiger partial charge on any atom is -0.336 e. The molecule has 0 aromatic heterocycles. The number of ketones is 1. The first-order valence-electron chi connectivity index (χ1n) is 10.5. The van der Waals surface area contributed by atoms with Gasteiger partial charge in [-0.1, -0.05) is 60.2 Å². The van der Waals surface area contributed by atoms with Gasteiger partial charge < -0.3 is 4.90 Å². The van der Waals surface area contributed by atoms with Crippen molar-refractivity contribution in [2.75, 3.05) is 26.2 Å². The molecule has 31 heavy (non-hydrogen) atoms. The van der Waals surface area contributed by atoms with E-state index < -0.39 is 0 Å². The Morgan fingerprint density at radius 3 is 2.06 bits per heavy atom. The molecule has 1 aliphatic rings. The van der Waals surface area contributed by atoms with Crippen LogP contribution < -0.4 is 0 Å². The summed E-state index contributed by atoms with van der Waals surface area (Å²) in [6, 6.07) is 21.0. The molecular formula is C26H25FN2O2. The predicted octanol–water partition coefficient (Wildman–Crippen LogP) is 4.32. The first-order chi connectivity index (χ1) is 15.0. The van der Waals surface area contributed by atoms with Gasteiger partial charge in [-0.15, -0.1) is 0 Å². The molecule has 0 bridgehead atoms. The van der Waals surface area contributed by atoms with E-state index in [2.05, 4.69) is 4.90 Å². The highest BCUT2D eigenvalue weighted by Crippen LogP contribution is 2.19. The molecule has 1 saturated heterocycles. The Kier molecular flexibility index (Phi) is 6.23. The number of hydrogen-bond acceptors (Lipinski definition) is 3. The summed E-state index contributed by atoms with van der Waals surface area (Å²) in [6.45, 7) is 5.35. The van der Waals surface area contributed by atoms with E-state index in [0.717, 1.165) is 30.8 Å². The molecule has 0 N–H and O–H groups in total. The smallest absolute Gasteiger partial charge is 0.254 e. The Balaban J connectivity index is 1.44. The molecule has 0 aliphatic carbocycles. The number of nitrogens with zero attached hydrogens (tertiary/aromatic N) is 2. The second kappa shape index (κ2) is 9.23. The van der Waals surface area contributed by atoms with Crippen molar-refractivity contribution in [3.05, 3.63) is 106 Å². The molecule has 1 heterocycles. The third-order valence-corrected chi connectivity index (χ3v) is 5.69. The fraction of sp³-hybridized carbons (Fsp3) is 0.231. The van der Waals surface area contributed by atoms with Crippen LogP contribution in [-0.2, 0) is 6.54 Å². The van der Waals surface area contributed by atoms with Gasteiger partial charge in [-0.25, -0.2) is 4.39 Å². The summed E-state index contributed by atoms with van der Waals surface area (Å²) in [6.07, 6.45) is 0. The molecule has 0 atom stereocenters. The van der Waals surface area contributed by atoms with E-state index in [1.54, 1.807) is 48.5 Å². The number of carbonyl (C=O) groups excluding carboxylic acids is 2. The zero-order valence-corrected chi connectivity index (χ0v) is 17.6. The van der Waals surface area contributed by atoms with Crippen molar-refractivity contribution in [1.29, 1.82) is 0 Å². The molecule has 0 radical (unpaired) electrons. The van der Waals surface area contributed by atoms with Crippen molar-refractivity contribution in [3.63, 3.8) is 0 Å². The molecule has 5 heteroatoms. The first-order valence-corrected chi connectivity index (χ1v) is 10.5. The van der Waals surface area contributed by atoms with Gasteiger partial charge in [0.05, 0.1) is 5.56 Å². The van der Waals surface area contributed by atoms with Gasteiger partial charge in [0.15, 0.2) is 5.78 Å². The van der Waals surface area contributed by atoms with Crippen molar-refractivity contribution in [3.8, 4) is 0 Å². The Morgan fingerprint density at radius 1 is 0.806 bits per heavy atom. The molecular weight excluding hydrogens is 391 g/mol. The summed E-state index contributed by atoms with van der Waals surface area (Å²) in [5.41, 5.74) is 3.59. The maximum Gasteiger partial charge on any atom is 0.254 e. The number of halogens is 1. The molecule has 0 unspecified atom stereocenters. The topological polar surface area (TPSA) is 40.6 Å².